The van der Waals surface area contributed by atoms with Crippen molar-refractivity contribution >= 4 is 37.6 Å². The first-order valence-corrected chi connectivity index (χ1v) is 7.90. The highest BCUT2D eigenvalue weighted by molar-refractivity contribution is 9.10. The number of carbonyl (C=O) groups is 1. The molecule has 0 saturated heterocycles. The van der Waals surface area contributed by atoms with Crippen LogP contribution >= 0.6 is 15.9 Å². The zero-order valence-corrected chi connectivity index (χ0v) is 12.2. The minimum atomic E-state index is -3.41. The first-order chi connectivity index (χ1) is 8.30. The summed E-state index contributed by atoms with van der Waals surface area (Å²) in [5.41, 5.74) is 0.525. The Morgan fingerprint density at radius 1 is 1.44 bits per heavy atom. The molecule has 7 heteroatoms. The summed E-state index contributed by atoms with van der Waals surface area (Å²) in [5, 5.41) is 8.57. The Balaban J connectivity index is 2.89. The minimum absolute atomic E-state index is 0.0555. The van der Waals surface area contributed by atoms with Crippen LogP contribution in [0.4, 0.5) is 5.69 Å². The van der Waals surface area contributed by atoms with E-state index in [1.54, 1.807) is 24.3 Å². The summed E-state index contributed by atoms with van der Waals surface area (Å²) in [6.45, 7) is 0.154. The molecule has 1 rings (SSSR count). The topological polar surface area (TPSA) is 74.7 Å². The summed E-state index contributed by atoms with van der Waals surface area (Å²) >= 11 is 3.27. The molecule has 0 aliphatic carbocycles. The van der Waals surface area contributed by atoms with Gasteiger partial charge >= 0.3 is 5.97 Å². The third kappa shape index (κ3) is 4.66. The molecule has 0 heterocycles. The van der Waals surface area contributed by atoms with E-state index in [0.717, 1.165) is 10.7 Å². The van der Waals surface area contributed by atoms with Gasteiger partial charge in [-0.3, -0.25) is 9.10 Å². The molecule has 1 aromatic rings. The number of carboxylic acid groups (broad SMARTS) is 1. The Morgan fingerprint density at radius 2 is 2.11 bits per heavy atom. The van der Waals surface area contributed by atoms with Gasteiger partial charge in [0.15, 0.2) is 0 Å². The number of nitrogens with zero attached hydrogens (tertiary/aromatic N) is 1. The second kappa shape index (κ2) is 6.19. The van der Waals surface area contributed by atoms with Crippen LogP contribution in [0.2, 0.25) is 0 Å². The normalized spacial score (nSPS) is 11.2. The van der Waals surface area contributed by atoms with Crippen molar-refractivity contribution in [2.75, 3.05) is 17.1 Å². The number of sulfonamides is 1. The van der Waals surface area contributed by atoms with E-state index in [0.29, 0.717) is 5.69 Å². The van der Waals surface area contributed by atoms with Crippen LogP contribution in [0.15, 0.2) is 28.7 Å². The third-order valence-electron chi connectivity index (χ3n) is 2.25. The number of carboxylic acids is 1. The van der Waals surface area contributed by atoms with Crippen LogP contribution in [-0.2, 0) is 14.8 Å². The molecule has 0 radical (unpaired) electrons. The Kier molecular flexibility index (Phi) is 5.15. The van der Waals surface area contributed by atoms with Crippen LogP contribution in [0.3, 0.4) is 0 Å². The summed E-state index contributed by atoms with van der Waals surface area (Å²) in [5.74, 6) is -0.933. The van der Waals surface area contributed by atoms with Crippen molar-refractivity contribution in [1.29, 1.82) is 0 Å². The quantitative estimate of drug-likeness (QED) is 0.863. The van der Waals surface area contributed by atoms with Crippen molar-refractivity contribution in [2.45, 2.75) is 12.8 Å². The lowest BCUT2D eigenvalue weighted by atomic mass is 10.3. The van der Waals surface area contributed by atoms with E-state index in [1.165, 1.54) is 4.31 Å². The number of halogens is 1. The van der Waals surface area contributed by atoms with E-state index < -0.39 is 16.0 Å². The van der Waals surface area contributed by atoms with Gasteiger partial charge in [-0.15, -0.1) is 0 Å². The predicted octanol–water partition coefficient (Wildman–Crippen LogP) is 2.08. The Labute approximate surface area is 115 Å². The first-order valence-electron chi connectivity index (χ1n) is 5.26. The summed E-state index contributed by atoms with van der Waals surface area (Å²) in [7, 11) is -3.41. The van der Waals surface area contributed by atoms with Gasteiger partial charge in [0.1, 0.15) is 0 Å². The fraction of sp³-hybridized carbons (Fsp3) is 0.364. The van der Waals surface area contributed by atoms with Gasteiger partial charge in [0, 0.05) is 17.4 Å². The molecule has 0 atom stereocenters. The van der Waals surface area contributed by atoms with Crippen molar-refractivity contribution in [3.8, 4) is 0 Å². The number of benzene rings is 1. The van der Waals surface area contributed by atoms with Gasteiger partial charge in [-0.1, -0.05) is 22.0 Å². The van der Waals surface area contributed by atoms with Gasteiger partial charge in [0.25, 0.3) is 0 Å². The van der Waals surface area contributed by atoms with Crippen molar-refractivity contribution in [3.63, 3.8) is 0 Å². The maximum atomic E-state index is 11.7. The number of aliphatic carboxylic acids is 1. The molecule has 100 valence electrons. The highest BCUT2D eigenvalue weighted by Gasteiger charge is 2.17. The van der Waals surface area contributed by atoms with E-state index in [-0.39, 0.29) is 19.4 Å². The second-order valence-electron chi connectivity index (χ2n) is 3.81. The third-order valence-corrected chi connectivity index (χ3v) is 3.94. The zero-order valence-electron chi connectivity index (χ0n) is 9.84. The second-order valence-corrected chi connectivity index (χ2v) is 6.63. The molecule has 0 bridgehead atoms. The predicted molar refractivity (Wildman–Crippen MR) is 73.2 cm³/mol. The smallest absolute Gasteiger partial charge is 0.303 e. The molecule has 0 saturated carbocycles. The fourth-order valence-corrected chi connectivity index (χ4v) is 2.84. The van der Waals surface area contributed by atoms with Gasteiger partial charge in [0.2, 0.25) is 10.0 Å². The zero-order chi connectivity index (χ0) is 13.8. The van der Waals surface area contributed by atoms with Crippen LogP contribution in [0.5, 0.6) is 0 Å². The van der Waals surface area contributed by atoms with Gasteiger partial charge in [-0.25, -0.2) is 8.42 Å². The summed E-state index contributed by atoms with van der Waals surface area (Å²) in [4.78, 5) is 10.4. The van der Waals surface area contributed by atoms with Gasteiger partial charge in [0.05, 0.1) is 11.9 Å². The first kappa shape index (κ1) is 15.0. The lowest BCUT2D eigenvalue weighted by Gasteiger charge is -2.22. The number of anilines is 1. The highest BCUT2D eigenvalue weighted by Crippen LogP contribution is 2.22. The molecule has 0 aliphatic rings. The average Bonchev–Trinajstić information content (AvgIpc) is 2.22. The van der Waals surface area contributed by atoms with Crippen molar-refractivity contribution < 1.29 is 18.3 Å². The van der Waals surface area contributed by atoms with Crippen molar-refractivity contribution in [2.24, 2.45) is 0 Å². The van der Waals surface area contributed by atoms with E-state index in [2.05, 4.69) is 15.9 Å². The number of rotatable bonds is 6. The van der Waals surface area contributed by atoms with Crippen LogP contribution in [-0.4, -0.2) is 32.3 Å². The molecule has 18 heavy (non-hydrogen) atoms. The van der Waals surface area contributed by atoms with Crippen LogP contribution in [0, 0.1) is 0 Å². The van der Waals surface area contributed by atoms with Crippen molar-refractivity contribution in [1.82, 2.24) is 0 Å². The van der Waals surface area contributed by atoms with Crippen molar-refractivity contribution in [3.05, 3.63) is 28.7 Å². The maximum Gasteiger partial charge on any atom is 0.303 e. The Hall–Kier alpha value is -1.08. The van der Waals surface area contributed by atoms with Gasteiger partial charge in [-0.05, 0) is 24.6 Å². The average molecular weight is 336 g/mol. The summed E-state index contributed by atoms with van der Waals surface area (Å²) < 4.78 is 25.3. The van der Waals surface area contributed by atoms with Gasteiger partial charge in [-0.2, -0.15) is 0 Å². The molecule has 5 nitrogen and oxygen atoms in total. The standard InChI is InChI=1S/C11H14BrNO4S/c1-18(16,17)13(7-3-6-11(14)15)10-5-2-4-9(12)8-10/h2,4-5,8H,3,6-7H2,1H3,(H,14,15). The van der Waals surface area contributed by atoms with E-state index in [1.807, 2.05) is 0 Å². The van der Waals surface area contributed by atoms with E-state index in [9.17, 15) is 13.2 Å². The monoisotopic (exact) mass is 335 g/mol. The van der Waals surface area contributed by atoms with E-state index in [4.69, 9.17) is 5.11 Å². The molecular weight excluding hydrogens is 322 g/mol. The fourth-order valence-electron chi connectivity index (χ4n) is 1.49. The number of hydrogen-bond donors (Lipinski definition) is 1. The van der Waals surface area contributed by atoms with Crippen LogP contribution in [0.25, 0.3) is 0 Å². The number of hydrogen-bond acceptors (Lipinski definition) is 3. The van der Waals surface area contributed by atoms with Crippen LogP contribution < -0.4 is 4.31 Å². The van der Waals surface area contributed by atoms with Crippen LogP contribution in [0.1, 0.15) is 12.8 Å². The molecule has 0 fully saturated rings. The molecule has 1 N–H and O–H groups in total. The van der Waals surface area contributed by atoms with E-state index >= 15 is 0 Å². The molecular formula is C11H14BrNO4S. The Morgan fingerprint density at radius 3 is 2.61 bits per heavy atom. The molecule has 1 aromatic carbocycles. The minimum Gasteiger partial charge on any atom is -0.481 e. The molecule has 0 spiro atoms. The molecule has 0 aromatic heterocycles. The SMILES string of the molecule is CS(=O)(=O)N(CCCC(=O)O)c1cccc(Br)c1. The van der Waals surface area contributed by atoms with Gasteiger partial charge < -0.3 is 5.11 Å². The molecule has 0 unspecified atom stereocenters. The summed E-state index contributed by atoms with van der Waals surface area (Å²) in [6, 6.07) is 6.88. The molecule has 0 aliphatic heterocycles. The molecule has 0 amide bonds. The largest absolute Gasteiger partial charge is 0.481 e. The highest BCUT2D eigenvalue weighted by atomic mass is 79.9. The Bertz CT molecular complexity index is 530. The lowest BCUT2D eigenvalue weighted by Crippen LogP contribution is -2.31. The lowest BCUT2D eigenvalue weighted by molar-refractivity contribution is -0.137. The maximum absolute atomic E-state index is 11.7. The summed E-state index contributed by atoms with van der Waals surface area (Å²) in [6.07, 6.45) is 1.32.